The number of nitrogens with one attached hydrogen (secondary N) is 1. The number of amides is 1. The number of hydrogen-bond donors (Lipinski definition) is 1. The molecule has 0 saturated heterocycles. The number of fused-ring (bicyclic) bond motifs is 1. The van der Waals surface area contributed by atoms with Gasteiger partial charge in [-0.25, -0.2) is 0 Å². The summed E-state index contributed by atoms with van der Waals surface area (Å²) in [6, 6.07) is 7.39. The van der Waals surface area contributed by atoms with E-state index in [0.717, 1.165) is 12.1 Å². The van der Waals surface area contributed by atoms with Gasteiger partial charge in [0.1, 0.15) is 0 Å². The molecule has 1 fully saturated rings. The van der Waals surface area contributed by atoms with E-state index in [0.29, 0.717) is 24.3 Å². The number of carbonyl (C=O) groups is 1. The summed E-state index contributed by atoms with van der Waals surface area (Å²) in [5, 5.41) is 7.91. The largest absolute Gasteiger partial charge is 0.356 e. The van der Waals surface area contributed by atoms with Gasteiger partial charge in [0.2, 0.25) is 11.3 Å². The number of nitrogens with zero attached hydrogens (tertiary/aromatic N) is 2. The first-order chi connectivity index (χ1) is 12.2. The van der Waals surface area contributed by atoms with Crippen molar-refractivity contribution in [3.8, 4) is 0 Å². The molecule has 1 saturated carbocycles. The van der Waals surface area contributed by atoms with Crippen molar-refractivity contribution in [1.82, 2.24) is 15.1 Å². The van der Waals surface area contributed by atoms with Gasteiger partial charge in [-0.1, -0.05) is 44.2 Å². The molecule has 1 aliphatic carbocycles. The molecular formula is C20H27N3O2. The van der Waals surface area contributed by atoms with Gasteiger partial charge >= 0.3 is 0 Å². The van der Waals surface area contributed by atoms with Crippen molar-refractivity contribution >= 4 is 16.8 Å². The van der Waals surface area contributed by atoms with Gasteiger partial charge in [0.05, 0.1) is 18.3 Å². The molecule has 5 nitrogen and oxygen atoms in total. The number of rotatable bonds is 5. The van der Waals surface area contributed by atoms with Crippen LogP contribution in [0.1, 0.15) is 51.4 Å². The van der Waals surface area contributed by atoms with E-state index in [1.54, 1.807) is 10.7 Å². The molecule has 3 rings (SSSR count). The molecule has 0 atom stereocenters. The Morgan fingerprint density at radius 1 is 1.12 bits per heavy atom. The summed E-state index contributed by atoms with van der Waals surface area (Å²) in [5.41, 5.74) is 0.698. The highest BCUT2D eigenvalue weighted by molar-refractivity contribution is 5.79. The molecule has 0 spiro atoms. The predicted molar refractivity (Wildman–Crippen MR) is 99.4 cm³/mol. The van der Waals surface area contributed by atoms with E-state index >= 15 is 0 Å². The Balaban J connectivity index is 1.52. The second-order valence-electron chi connectivity index (χ2n) is 7.01. The number of aryl methyl sites for hydroxylation is 1. The van der Waals surface area contributed by atoms with E-state index in [2.05, 4.69) is 10.4 Å². The molecule has 5 heteroatoms. The zero-order valence-corrected chi connectivity index (χ0v) is 14.7. The van der Waals surface area contributed by atoms with Gasteiger partial charge in [-0.2, -0.15) is 5.10 Å². The van der Waals surface area contributed by atoms with Crippen molar-refractivity contribution in [3.05, 3.63) is 40.7 Å². The molecule has 1 heterocycles. The summed E-state index contributed by atoms with van der Waals surface area (Å²) in [5.74, 6) is 0.683. The second-order valence-corrected chi connectivity index (χ2v) is 7.01. The summed E-state index contributed by atoms with van der Waals surface area (Å²) in [4.78, 5) is 24.0. The lowest BCUT2D eigenvalue weighted by molar-refractivity contribution is -0.121. The van der Waals surface area contributed by atoms with E-state index in [4.69, 9.17) is 0 Å². The number of benzene rings is 1. The monoisotopic (exact) mass is 341 g/mol. The molecule has 0 bridgehead atoms. The highest BCUT2D eigenvalue weighted by Gasteiger charge is 2.13. The van der Waals surface area contributed by atoms with Crippen molar-refractivity contribution in [3.63, 3.8) is 0 Å². The molecule has 0 radical (unpaired) electrons. The molecule has 0 aliphatic heterocycles. The molecule has 1 N–H and O–H groups in total. The topological polar surface area (TPSA) is 64.0 Å². The minimum atomic E-state index is -0.0828. The maximum absolute atomic E-state index is 12.2. The first-order valence-corrected chi connectivity index (χ1v) is 9.45. The third kappa shape index (κ3) is 4.91. The normalized spacial score (nSPS) is 16.3. The fourth-order valence-corrected chi connectivity index (χ4v) is 3.64. The number of carbonyl (C=O) groups excluding carboxylic acids is 1. The van der Waals surface area contributed by atoms with Crippen LogP contribution in [0, 0.1) is 5.92 Å². The fourth-order valence-electron chi connectivity index (χ4n) is 3.64. The Hall–Kier alpha value is -2.17. The van der Waals surface area contributed by atoms with E-state index in [1.807, 2.05) is 18.2 Å². The van der Waals surface area contributed by atoms with Crippen LogP contribution in [-0.4, -0.2) is 22.2 Å². The van der Waals surface area contributed by atoms with E-state index < -0.39 is 0 Å². The van der Waals surface area contributed by atoms with Crippen molar-refractivity contribution < 1.29 is 4.79 Å². The molecule has 1 aromatic heterocycles. The van der Waals surface area contributed by atoms with Gasteiger partial charge in [0.15, 0.2) is 0 Å². The van der Waals surface area contributed by atoms with Crippen LogP contribution in [0.2, 0.25) is 0 Å². The van der Waals surface area contributed by atoms with Gasteiger partial charge < -0.3 is 5.32 Å². The maximum Gasteiger partial charge on any atom is 0.221 e. The van der Waals surface area contributed by atoms with Crippen LogP contribution in [-0.2, 0) is 11.3 Å². The lowest BCUT2D eigenvalue weighted by Gasteiger charge is -2.20. The van der Waals surface area contributed by atoms with Gasteiger partial charge in [0, 0.05) is 18.4 Å². The zero-order chi connectivity index (χ0) is 17.5. The van der Waals surface area contributed by atoms with E-state index in [-0.39, 0.29) is 11.3 Å². The fraction of sp³-hybridized carbons (Fsp3) is 0.550. The van der Waals surface area contributed by atoms with Crippen molar-refractivity contribution in [2.45, 2.75) is 57.9 Å². The van der Waals surface area contributed by atoms with Crippen molar-refractivity contribution in [2.24, 2.45) is 5.92 Å². The van der Waals surface area contributed by atoms with Gasteiger partial charge in [-0.3, -0.25) is 14.3 Å². The summed E-state index contributed by atoms with van der Waals surface area (Å²) in [6.45, 7) is 1.27. The summed E-state index contributed by atoms with van der Waals surface area (Å²) >= 11 is 0. The van der Waals surface area contributed by atoms with Crippen LogP contribution in [0.3, 0.4) is 0 Å². The van der Waals surface area contributed by atoms with Crippen molar-refractivity contribution in [1.29, 1.82) is 0 Å². The van der Waals surface area contributed by atoms with E-state index in [1.165, 1.54) is 51.1 Å². The average Bonchev–Trinajstić information content (AvgIpc) is 2.60. The Bertz CT molecular complexity index is 761. The molecule has 0 unspecified atom stereocenters. The van der Waals surface area contributed by atoms with Crippen LogP contribution in [0.15, 0.2) is 35.3 Å². The average molecular weight is 341 g/mol. The Morgan fingerprint density at radius 2 is 1.84 bits per heavy atom. The van der Waals surface area contributed by atoms with Crippen molar-refractivity contribution in [2.75, 3.05) is 6.54 Å². The number of para-hydroxylation sites is 1. The Kier molecular flexibility index (Phi) is 6.20. The third-order valence-electron chi connectivity index (χ3n) is 5.13. The molecular weight excluding hydrogens is 314 g/mol. The molecule has 2 aromatic rings. The number of aromatic nitrogens is 2. The van der Waals surface area contributed by atoms with Crippen LogP contribution in [0.25, 0.3) is 10.9 Å². The quantitative estimate of drug-likeness (QED) is 0.908. The van der Waals surface area contributed by atoms with Crippen LogP contribution in [0.4, 0.5) is 0 Å². The van der Waals surface area contributed by atoms with Gasteiger partial charge in [-0.05, 0) is 30.9 Å². The number of hydrogen-bond acceptors (Lipinski definition) is 3. The molecule has 1 aliphatic rings. The van der Waals surface area contributed by atoms with Crippen LogP contribution < -0.4 is 10.7 Å². The first kappa shape index (κ1) is 17.6. The minimum absolute atomic E-state index is 0.0617. The lowest BCUT2D eigenvalue weighted by Crippen LogP contribution is -2.30. The van der Waals surface area contributed by atoms with Gasteiger partial charge in [0.25, 0.3) is 0 Å². The minimum Gasteiger partial charge on any atom is -0.356 e. The summed E-state index contributed by atoms with van der Waals surface area (Å²) < 4.78 is 1.74. The lowest BCUT2D eigenvalue weighted by atomic mass is 9.91. The predicted octanol–water partition coefficient (Wildman–Crippen LogP) is 3.26. The summed E-state index contributed by atoms with van der Waals surface area (Å²) in [7, 11) is 0. The van der Waals surface area contributed by atoms with Crippen LogP contribution >= 0.6 is 0 Å². The Labute approximate surface area is 148 Å². The highest BCUT2D eigenvalue weighted by Crippen LogP contribution is 2.21. The third-order valence-corrected chi connectivity index (χ3v) is 5.13. The Morgan fingerprint density at radius 3 is 2.64 bits per heavy atom. The maximum atomic E-state index is 12.2. The first-order valence-electron chi connectivity index (χ1n) is 9.45. The van der Waals surface area contributed by atoms with Gasteiger partial charge in [-0.15, -0.1) is 0 Å². The molecule has 1 amide bonds. The molecule has 1 aromatic carbocycles. The molecule has 134 valence electrons. The standard InChI is InChI=1S/C20H27N3O2/c24-19-15-22-23(18-11-7-6-10-17(18)19)13-12-20(25)21-14-16-8-4-2-1-3-5-9-16/h6-7,10-11,15-16H,1-5,8-9,12-14H2,(H,21,25). The highest BCUT2D eigenvalue weighted by atomic mass is 16.1. The summed E-state index contributed by atoms with van der Waals surface area (Å²) in [6.07, 6.45) is 10.8. The molecule has 25 heavy (non-hydrogen) atoms. The second kappa shape index (κ2) is 8.79. The van der Waals surface area contributed by atoms with E-state index in [9.17, 15) is 9.59 Å². The smallest absolute Gasteiger partial charge is 0.221 e. The SMILES string of the molecule is O=C(CCn1ncc(=O)c2ccccc21)NCC1CCCCCCC1. The van der Waals surface area contributed by atoms with Crippen LogP contribution in [0.5, 0.6) is 0 Å². The zero-order valence-electron chi connectivity index (χ0n) is 14.7.